The second-order valence-corrected chi connectivity index (χ2v) is 21.0. The van der Waals surface area contributed by atoms with Gasteiger partial charge in [0.2, 0.25) is 0 Å². The van der Waals surface area contributed by atoms with E-state index in [1.807, 2.05) is 0 Å². The van der Waals surface area contributed by atoms with Gasteiger partial charge in [0.1, 0.15) is 0 Å². The van der Waals surface area contributed by atoms with Crippen molar-refractivity contribution < 1.29 is 0 Å². The maximum absolute atomic E-state index is 2.48. The van der Waals surface area contributed by atoms with E-state index in [9.17, 15) is 0 Å². The molecule has 0 aromatic heterocycles. The lowest BCUT2D eigenvalue weighted by molar-refractivity contribution is 0.637. The number of anilines is 5. The lowest BCUT2D eigenvalue weighted by Crippen LogP contribution is -2.29. The topological polar surface area (TPSA) is 6.48 Å². The number of allylic oxidation sites excluding steroid dienone is 3. The molecule has 0 saturated heterocycles. The Bertz CT molecular complexity index is 4300. The van der Waals surface area contributed by atoms with Crippen LogP contribution in [-0.4, -0.2) is 0 Å². The van der Waals surface area contributed by atoms with Crippen LogP contribution in [0.4, 0.5) is 28.4 Å². The maximum Gasteiger partial charge on any atom is 0.0462 e. The fraction of sp³-hybridized carbons (Fsp3) is 0.0400. The van der Waals surface area contributed by atoms with E-state index in [0.29, 0.717) is 0 Å². The third-order valence-electron chi connectivity index (χ3n) is 15.8. The van der Waals surface area contributed by atoms with Crippen molar-refractivity contribution in [2.45, 2.75) is 13.8 Å². The molecule has 0 saturated carbocycles. The van der Waals surface area contributed by atoms with Crippen LogP contribution in [0, 0.1) is 5.41 Å². The largest absolute Gasteiger partial charge is 0.311 e. The molecule has 0 bridgehead atoms. The summed E-state index contributed by atoms with van der Waals surface area (Å²) in [5.41, 5.74) is 18.5. The van der Waals surface area contributed by atoms with Gasteiger partial charge in [0.05, 0.1) is 0 Å². The SMILES string of the molecule is CC1(C)C=C(N(c2ccc(-c3ccccc3)cc2)c2ccc(-c3ccc(N(c4ccc(-c5ccccc5)cc4)c4ccc(-c5ccccc5)cc4)cc3)cc2)C=C2C=c3cc4c5ccccc5c5ccccc5c4cc3=C21. The minimum Gasteiger partial charge on any atom is -0.311 e. The van der Waals surface area contributed by atoms with E-state index >= 15 is 0 Å². The first-order valence-corrected chi connectivity index (χ1v) is 26.7. The third kappa shape index (κ3) is 8.32. The molecule has 0 amide bonds. The zero-order valence-electron chi connectivity index (χ0n) is 43.1. The Morgan fingerprint density at radius 1 is 0.273 bits per heavy atom. The molecular formula is C75H54N2. The highest BCUT2D eigenvalue weighted by molar-refractivity contribution is 6.25. The summed E-state index contributed by atoms with van der Waals surface area (Å²) < 4.78 is 0. The molecule has 12 aromatic carbocycles. The molecule has 77 heavy (non-hydrogen) atoms. The summed E-state index contributed by atoms with van der Waals surface area (Å²) in [5.74, 6) is 0. The van der Waals surface area contributed by atoms with Gasteiger partial charge in [-0.15, -0.1) is 0 Å². The van der Waals surface area contributed by atoms with Gasteiger partial charge in [-0.3, -0.25) is 0 Å². The minimum absolute atomic E-state index is 0.271. The van der Waals surface area contributed by atoms with E-state index in [1.54, 1.807) is 0 Å². The lowest BCUT2D eigenvalue weighted by atomic mass is 9.76. The van der Waals surface area contributed by atoms with E-state index in [-0.39, 0.29) is 5.41 Å². The van der Waals surface area contributed by atoms with E-state index in [1.165, 1.54) is 87.3 Å². The molecule has 0 N–H and O–H groups in total. The summed E-state index contributed by atoms with van der Waals surface area (Å²) in [5, 5.41) is 10.4. The molecule has 2 aliphatic carbocycles. The van der Waals surface area contributed by atoms with Crippen LogP contribution in [0.1, 0.15) is 13.8 Å². The molecule has 0 radical (unpaired) electrons. The Labute approximate surface area is 450 Å². The fourth-order valence-electron chi connectivity index (χ4n) is 12.1. The lowest BCUT2D eigenvalue weighted by Gasteiger charge is -2.35. The average molecular weight is 983 g/mol. The van der Waals surface area contributed by atoms with Crippen molar-refractivity contribution in [3.05, 3.63) is 307 Å². The van der Waals surface area contributed by atoms with Gasteiger partial charge in [0.15, 0.2) is 0 Å². The summed E-state index contributed by atoms with van der Waals surface area (Å²) in [4.78, 5) is 4.78. The highest BCUT2D eigenvalue weighted by atomic mass is 15.2. The predicted octanol–water partition coefficient (Wildman–Crippen LogP) is 18.9. The van der Waals surface area contributed by atoms with Crippen molar-refractivity contribution in [3.63, 3.8) is 0 Å². The Kier molecular flexibility index (Phi) is 11.2. The number of benzene rings is 12. The Morgan fingerprint density at radius 2 is 0.571 bits per heavy atom. The molecule has 0 fully saturated rings. The average Bonchev–Trinajstić information content (AvgIpc) is 3.88. The monoisotopic (exact) mass is 982 g/mol. The number of hydrogen-bond acceptors (Lipinski definition) is 2. The van der Waals surface area contributed by atoms with Crippen molar-refractivity contribution in [2.24, 2.45) is 5.41 Å². The van der Waals surface area contributed by atoms with Crippen LogP contribution in [0.3, 0.4) is 0 Å². The van der Waals surface area contributed by atoms with Gasteiger partial charge in [-0.2, -0.15) is 0 Å². The van der Waals surface area contributed by atoms with E-state index in [0.717, 1.165) is 45.3 Å². The van der Waals surface area contributed by atoms with Gasteiger partial charge in [0.25, 0.3) is 0 Å². The van der Waals surface area contributed by atoms with Crippen LogP contribution in [-0.2, 0) is 0 Å². The van der Waals surface area contributed by atoms with Gasteiger partial charge >= 0.3 is 0 Å². The number of rotatable bonds is 10. The first-order chi connectivity index (χ1) is 37.9. The van der Waals surface area contributed by atoms with Crippen LogP contribution in [0.25, 0.3) is 88.5 Å². The van der Waals surface area contributed by atoms with Gasteiger partial charge in [-0.25, -0.2) is 0 Å². The first kappa shape index (κ1) is 45.8. The standard InChI is InChI=1S/C75H54N2/c1-75(2)50-66(47-60-46-59-48-72-69-24-14-12-22-67(69)68-23-13-15-25-70(68)73(72)49-71(59)74(60)75)77(64-42-30-56(31-43-64)53-20-10-5-11-21-53)65-44-34-58(35-45-65)57-32-40-63(41-33-57)76(61-36-26-54(27-37-61)51-16-6-3-7-17-51)62-38-28-55(29-39-62)52-18-8-4-9-19-52/h3-50H,1-2H3. The molecule has 2 nitrogen and oxygen atoms in total. The Hall–Kier alpha value is -9.76. The maximum atomic E-state index is 2.48. The van der Waals surface area contributed by atoms with Crippen LogP contribution in [0.2, 0.25) is 0 Å². The van der Waals surface area contributed by atoms with Crippen molar-refractivity contribution in [1.29, 1.82) is 0 Å². The number of fused-ring (bicyclic) bond motifs is 8. The highest BCUT2D eigenvalue weighted by Crippen LogP contribution is 2.46. The van der Waals surface area contributed by atoms with Crippen LogP contribution in [0.5, 0.6) is 0 Å². The second-order valence-electron chi connectivity index (χ2n) is 21.0. The van der Waals surface area contributed by atoms with Crippen LogP contribution >= 0.6 is 0 Å². The summed E-state index contributed by atoms with van der Waals surface area (Å²) in [6.07, 6.45) is 7.31. The van der Waals surface area contributed by atoms with Gasteiger partial charge in [-0.1, -0.05) is 220 Å². The third-order valence-corrected chi connectivity index (χ3v) is 15.8. The van der Waals surface area contributed by atoms with Crippen LogP contribution < -0.4 is 20.2 Å². The van der Waals surface area contributed by atoms with Crippen molar-refractivity contribution in [3.8, 4) is 44.5 Å². The zero-order chi connectivity index (χ0) is 51.5. The predicted molar refractivity (Wildman–Crippen MR) is 327 cm³/mol. The molecular weight excluding hydrogens is 929 g/mol. The number of hydrogen-bond donors (Lipinski definition) is 0. The summed E-state index contributed by atoms with van der Waals surface area (Å²) >= 11 is 0. The molecule has 0 unspecified atom stereocenters. The summed E-state index contributed by atoms with van der Waals surface area (Å²) in [7, 11) is 0. The molecule has 14 rings (SSSR count). The quantitative estimate of drug-likeness (QED) is 0.126. The molecule has 0 heterocycles. The molecule has 0 atom stereocenters. The van der Waals surface area contributed by atoms with E-state index in [2.05, 4.69) is 315 Å². The van der Waals surface area contributed by atoms with E-state index in [4.69, 9.17) is 0 Å². The van der Waals surface area contributed by atoms with Gasteiger partial charge in [0, 0.05) is 39.5 Å². The van der Waals surface area contributed by atoms with Crippen molar-refractivity contribution in [1.82, 2.24) is 0 Å². The molecule has 12 aromatic rings. The smallest absolute Gasteiger partial charge is 0.0462 e. The van der Waals surface area contributed by atoms with Crippen molar-refractivity contribution >= 4 is 72.4 Å². The molecule has 0 spiro atoms. The summed E-state index contributed by atoms with van der Waals surface area (Å²) in [6, 6.07) is 99.5. The molecule has 2 heteroatoms. The number of nitrogens with zero attached hydrogens (tertiary/aromatic N) is 2. The second kappa shape index (κ2) is 18.9. The Balaban J connectivity index is 0.828. The van der Waals surface area contributed by atoms with E-state index < -0.39 is 0 Å². The molecule has 364 valence electrons. The van der Waals surface area contributed by atoms with Gasteiger partial charge < -0.3 is 9.80 Å². The molecule has 2 aliphatic rings. The minimum atomic E-state index is -0.271. The zero-order valence-corrected chi connectivity index (χ0v) is 43.1. The highest BCUT2D eigenvalue weighted by Gasteiger charge is 2.33. The van der Waals surface area contributed by atoms with Gasteiger partial charge in [-0.05, 0) is 183 Å². The first-order valence-electron chi connectivity index (χ1n) is 26.7. The fourth-order valence-corrected chi connectivity index (χ4v) is 12.1. The normalized spacial score (nSPS) is 13.4. The summed E-state index contributed by atoms with van der Waals surface area (Å²) in [6.45, 7) is 4.76. The Morgan fingerprint density at radius 3 is 0.935 bits per heavy atom. The van der Waals surface area contributed by atoms with Crippen LogP contribution in [0.15, 0.2) is 296 Å². The van der Waals surface area contributed by atoms with Crippen molar-refractivity contribution in [2.75, 3.05) is 9.80 Å². The molecule has 0 aliphatic heterocycles.